The van der Waals surface area contributed by atoms with Crippen molar-refractivity contribution in [2.75, 3.05) is 6.54 Å². The van der Waals surface area contributed by atoms with Gasteiger partial charge in [0.25, 0.3) is 0 Å². The smallest absolute Gasteiger partial charge is 0.223 e. The molecule has 2 saturated carbocycles. The summed E-state index contributed by atoms with van der Waals surface area (Å²) in [5.74, 6) is 1.35. The summed E-state index contributed by atoms with van der Waals surface area (Å²) in [4.78, 5) is 12.9. The maximum atomic E-state index is 12.1. The normalized spacial score (nSPS) is 30.7. The highest BCUT2D eigenvalue weighted by atomic mass is 79.9. The molecule has 0 bridgehead atoms. The lowest BCUT2D eigenvalue weighted by Crippen LogP contribution is -2.35. The molecule has 1 N–H and O–H groups in total. The van der Waals surface area contributed by atoms with Crippen molar-refractivity contribution in [3.8, 4) is 0 Å². The highest BCUT2D eigenvalue weighted by molar-refractivity contribution is 9.09. The maximum Gasteiger partial charge on any atom is 0.223 e. The fourth-order valence-corrected chi connectivity index (χ4v) is 3.79. The van der Waals surface area contributed by atoms with E-state index >= 15 is 0 Å². The van der Waals surface area contributed by atoms with Crippen molar-refractivity contribution in [3.63, 3.8) is 0 Å². The summed E-state index contributed by atoms with van der Waals surface area (Å²) in [7, 11) is 0. The van der Waals surface area contributed by atoms with Crippen LogP contribution in [0.3, 0.4) is 0 Å². The molecule has 18 heavy (non-hydrogen) atoms. The number of rotatable bonds is 3. The van der Waals surface area contributed by atoms with E-state index in [1.165, 1.54) is 51.4 Å². The number of hydrogen-bond donors (Lipinski definition) is 1. The van der Waals surface area contributed by atoms with Gasteiger partial charge in [-0.2, -0.15) is 0 Å². The number of nitrogens with one attached hydrogen (secondary N) is 1. The predicted octanol–water partition coefficient (Wildman–Crippen LogP) is 4.03. The molecule has 2 rings (SSSR count). The van der Waals surface area contributed by atoms with E-state index in [-0.39, 0.29) is 0 Å². The van der Waals surface area contributed by atoms with Gasteiger partial charge in [0.2, 0.25) is 5.91 Å². The average molecular weight is 316 g/mol. The van der Waals surface area contributed by atoms with Gasteiger partial charge in [0.1, 0.15) is 0 Å². The Bertz CT molecular complexity index is 253. The maximum absolute atomic E-state index is 12.1. The van der Waals surface area contributed by atoms with Crippen molar-refractivity contribution in [1.29, 1.82) is 0 Å². The molecule has 2 nitrogen and oxygen atoms in total. The zero-order valence-corrected chi connectivity index (χ0v) is 12.9. The lowest BCUT2D eigenvalue weighted by atomic mass is 9.89. The van der Waals surface area contributed by atoms with Crippen LogP contribution in [0.15, 0.2) is 0 Å². The molecular weight excluding hydrogens is 290 g/mol. The molecule has 2 aliphatic carbocycles. The number of hydrogen-bond acceptors (Lipinski definition) is 1. The van der Waals surface area contributed by atoms with Gasteiger partial charge in [-0.3, -0.25) is 4.79 Å². The number of alkyl halides is 1. The minimum Gasteiger partial charge on any atom is -0.356 e. The Hall–Kier alpha value is -0.0500. The van der Waals surface area contributed by atoms with Gasteiger partial charge in [-0.05, 0) is 44.4 Å². The van der Waals surface area contributed by atoms with E-state index in [2.05, 4.69) is 21.2 Å². The molecule has 104 valence electrons. The Labute approximate surface area is 119 Å². The summed E-state index contributed by atoms with van der Waals surface area (Å²) in [5, 5.41) is 3.21. The first kappa shape index (κ1) is 14.4. The highest BCUT2D eigenvalue weighted by Crippen LogP contribution is 2.28. The Morgan fingerprint density at radius 2 is 1.56 bits per heavy atom. The van der Waals surface area contributed by atoms with Crippen LogP contribution in [-0.4, -0.2) is 17.3 Å². The summed E-state index contributed by atoms with van der Waals surface area (Å²) in [6.07, 6.45) is 12.4. The quantitative estimate of drug-likeness (QED) is 0.618. The molecule has 0 heterocycles. The third-order valence-corrected chi connectivity index (χ3v) is 5.48. The van der Waals surface area contributed by atoms with E-state index in [1.54, 1.807) is 0 Å². The summed E-state index contributed by atoms with van der Waals surface area (Å²) in [6, 6.07) is 0. The molecular formula is C15H26BrNO. The van der Waals surface area contributed by atoms with Gasteiger partial charge in [-0.1, -0.05) is 41.6 Å². The number of carbonyl (C=O) groups is 1. The topological polar surface area (TPSA) is 29.1 Å². The molecule has 0 aliphatic heterocycles. The minimum absolute atomic E-state index is 0.306. The lowest BCUT2D eigenvalue weighted by molar-refractivity contribution is -0.125. The third-order valence-electron chi connectivity index (χ3n) is 4.57. The van der Waals surface area contributed by atoms with E-state index in [9.17, 15) is 4.79 Å². The van der Waals surface area contributed by atoms with Crippen molar-refractivity contribution in [1.82, 2.24) is 5.32 Å². The minimum atomic E-state index is 0.306. The van der Waals surface area contributed by atoms with Crippen LogP contribution in [0.4, 0.5) is 0 Å². The monoisotopic (exact) mass is 315 g/mol. The van der Waals surface area contributed by atoms with Gasteiger partial charge in [0.05, 0.1) is 0 Å². The lowest BCUT2D eigenvalue weighted by Gasteiger charge is -2.26. The van der Waals surface area contributed by atoms with Crippen LogP contribution in [0.25, 0.3) is 0 Å². The highest BCUT2D eigenvalue weighted by Gasteiger charge is 2.23. The van der Waals surface area contributed by atoms with Crippen molar-refractivity contribution >= 4 is 21.8 Å². The molecule has 0 aromatic heterocycles. The van der Waals surface area contributed by atoms with Crippen LogP contribution in [0, 0.1) is 11.8 Å². The summed E-state index contributed by atoms with van der Waals surface area (Å²) >= 11 is 3.68. The van der Waals surface area contributed by atoms with Crippen LogP contribution in [-0.2, 0) is 4.79 Å². The summed E-state index contributed by atoms with van der Waals surface area (Å²) in [5.41, 5.74) is 0. The van der Waals surface area contributed by atoms with Gasteiger partial charge in [0, 0.05) is 17.3 Å². The standard InChI is InChI=1S/C15H26BrNO/c16-14-9-7-12(8-10-14)11-17-15(18)13-5-3-1-2-4-6-13/h12-14H,1-11H2,(H,17,18). The Morgan fingerprint density at radius 1 is 0.944 bits per heavy atom. The van der Waals surface area contributed by atoms with Crippen molar-refractivity contribution in [2.24, 2.45) is 11.8 Å². The van der Waals surface area contributed by atoms with Gasteiger partial charge >= 0.3 is 0 Å². The fraction of sp³-hybridized carbons (Fsp3) is 0.933. The first-order valence-corrected chi connectivity index (χ1v) is 8.59. The van der Waals surface area contributed by atoms with Crippen molar-refractivity contribution in [2.45, 2.75) is 69.0 Å². The number of halogens is 1. The van der Waals surface area contributed by atoms with E-state index in [4.69, 9.17) is 0 Å². The molecule has 3 heteroatoms. The zero-order valence-electron chi connectivity index (χ0n) is 11.3. The van der Waals surface area contributed by atoms with Crippen molar-refractivity contribution < 1.29 is 4.79 Å². The Morgan fingerprint density at radius 3 is 2.17 bits per heavy atom. The second-order valence-corrected chi connectivity index (χ2v) is 7.35. The summed E-state index contributed by atoms with van der Waals surface area (Å²) in [6.45, 7) is 0.912. The Balaban J connectivity index is 1.67. The Kier molecular flexibility index (Phi) is 6.00. The first-order valence-electron chi connectivity index (χ1n) is 7.67. The average Bonchev–Trinajstić information content (AvgIpc) is 2.66. The van der Waals surface area contributed by atoms with Crippen LogP contribution in [0.2, 0.25) is 0 Å². The molecule has 0 radical (unpaired) electrons. The number of carbonyl (C=O) groups excluding carboxylic acids is 1. The van der Waals surface area contributed by atoms with Crippen LogP contribution >= 0.6 is 15.9 Å². The molecule has 0 aromatic rings. The van der Waals surface area contributed by atoms with Gasteiger partial charge < -0.3 is 5.32 Å². The largest absolute Gasteiger partial charge is 0.356 e. The fourth-order valence-electron chi connectivity index (χ4n) is 3.26. The molecule has 2 aliphatic rings. The second-order valence-electron chi connectivity index (χ2n) is 6.05. The van der Waals surface area contributed by atoms with E-state index in [0.29, 0.717) is 22.6 Å². The van der Waals surface area contributed by atoms with Gasteiger partial charge in [-0.25, -0.2) is 0 Å². The molecule has 2 fully saturated rings. The molecule has 0 spiro atoms. The molecule has 1 amide bonds. The molecule has 0 saturated heterocycles. The van der Waals surface area contributed by atoms with Crippen molar-refractivity contribution in [3.05, 3.63) is 0 Å². The zero-order chi connectivity index (χ0) is 12.8. The van der Waals surface area contributed by atoms with Gasteiger partial charge in [-0.15, -0.1) is 0 Å². The SMILES string of the molecule is O=C(NCC1CCC(Br)CC1)C1CCCCCC1. The van der Waals surface area contributed by atoms with E-state index in [1.807, 2.05) is 0 Å². The van der Waals surface area contributed by atoms with Crippen LogP contribution < -0.4 is 5.32 Å². The molecule has 0 unspecified atom stereocenters. The van der Waals surface area contributed by atoms with Crippen LogP contribution in [0.1, 0.15) is 64.2 Å². The second kappa shape index (κ2) is 7.52. The summed E-state index contributed by atoms with van der Waals surface area (Å²) < 4.78 is 0. The predicted molar refractivity (Wildman–Crippen MR) is 78.9 cm³/mol. The number of amides is 1. The van der Waals surface area contributed by atoms with E-state index < -0.39 is 0 Å². The molecule has 0 atom stereocenters. The third kappa shape index (κ3) is 4.56. The van der Waals surface area contributed by atoms with E-state index in [0.717, 1.165) is 19.4 Å². The van der Waals surface area contributed by atoms with Gasteiger partial charge in [0.15, 0.2) is 0 Å². The van der Waals surface area contributed by atoms with Crippen LogP contribution in [0.5, 0.6) is 0 Å². The molecule has 0 aromatic carbocycles. The first-order chi connectivity index (χ1) is 8.75.